The lowest BCUT2D eigenvalue weighted by Gasteiger charge is -2.39. The Bertz CT molecular complexity index is 1460. The first-order valence-electron chi connectivity index (χ1n) is 14.3. The first-order valence-corrected chi connectivity index (χ1v) is 16.5. The second-order valence-electron chi connectivity index (χ2n) is 11.0. The number of hydrogen-bond donors (Lipinski definition) is 2. The molecule has 9 nitrogen and oxygen atoms in total. The van der Waals surface area contributed by atoms with Crippen molar-refractivity contribution in [3.63, 3.8) is 0 Å². The summed E-state index contributed by atoms with van der Waals surface area (Å²) in [5, 5.41) is 0.921. The van der Waals surface area contributed by atoms with E-state index in [-0.39, 0.29) is 16.7 Å². The van der Waals surface area contributed by atoms with Crippen LogP contribution in [0.5, 0.6) is 0 Å². The van der Waals surface area contributed by atoms with E-state index in [1.165, 1.54) is 17.6 Å². The van der Waals surface area contributed by atoms with Crippen molar-refractivity contribution in [1.82, 2.24) is 14.7 Å². The summed E-state index contributed by atoms with van der Waals surface area (Å²) >= 11 is 12.6. The largest absolute Gasteiger partial charge is 0.405 e. The average Bonchev–Trinajstić information content (AvgIpc) is 2.98. The molecule has 0 radical (unpaired) electrons. The Balaban J connectivity index is 1.34. The number of amides is 1. The van der Waals surface area contributed by atoms with Gasteiger partial charge < -0.3 is 16.4 Å². The number of carbonyl (C=O) groups excluding carboxylic acids is 1. The molecule has 2 saturated heterocycles. The predicted molar refractivity (Wildman–Crippen MR) is 174 cm³/mol. The van der Waals surface area contributed by atoms with Crippen molar-refractivity contribution in [2.45, 2.75) is 24.3 Å². The number of rotatable bonds is 10. The van der Waals surface area contributed by atoms with E-state index in [1.54, 1.807) is 42.5 Å². The molecule has 0 saturated carbocycles. The van der Waals surface area contributed by atoms with Crippen molar-refractivity contribution in [3.8, 4) is 0 Å². The molecule has 1 amide bonds. The number of carbonyl (C=O) groups is 1. The molecule has 2 aromatic rings. The van der Waals surface area contributed by atoms with Gasteiger partial charge in [-0.2, -0.15) is 0 Å². The first-order chi connectivity index (χ1) is 20.5. The molecule has 43 heavy (non-hydrogen) atoms. The lowest BCUT2D eigenvalue weighted by atomic mass is 9.94. The molecule has 2 aromatic carbocycles. The van der Waals surface area contributed by atoms with Crippen molar-refractivity contribution in [2.24, 2.45) is 17.4 Å². The lowest BCUT2D eigenvalue weighted by molar-refractivity contribution is -0.138. The molecular formula is C31H40Cl2N6O3S. The number of halogens is 2. The van der Waals surface area contributed by atoms with E-state index >= 15 is 0 Å². The van der Waals surface area contributed by atoms with E-state index in [9.17, 15) is 13.2 Å². The average molecular weight is 648 g/mol. The van der Waals surface area contributed by atoms with Crippen LogP contribution in [0, 0.1) is 5.92 Å². The Hall–Kier alpha value is -3.02. The third-order valence-electron chi connectivity index (χ3n) is 7.99. The summed E-state index contributed by atoms with van der Waals surface area (Å²) < 4.78 is 28.5. The second kappa shape index (κ2) is 14.6. The summed E-state index contributed by atoms with van der Waals surface area (Å²) in [5.41, 5.74) is 13.8. The minimum Gasteiger partial charge on any atom is -0.405 e. The molecule has 232 valence electrons. The Labute approximate surface area is 265 Å². The second-order valence-corrected chi connectivity index (χ2v) is 13.8. The standard InChI is InChI=1S/C31H40Cl2N6O3S/c1-23(35)20-24(10-13-34)21-37-14-11-25(12-15-37)31(40)39-18-16-38(17-19-39)22-28-29(33)4-3-5-30(28)43(41,42)36(2)27-8-6-26(32)7-9-27/h3-10,13,20,25H,1,11-12,14-19,21-22,34-35H2,2H3/b13-10-,24-20+. The highest BCUT2D eigenvalue weighted by atomic mass is 35.5. The van der Waals surface area contributed by atoms with Crippen LogP contribution in [-0.2, 0) is 21.4 Å². The highest BCUT2D eigenvalue weighted by molar-refractivity contribution is 7.92. The van der Waals surface area contributed by atoms with E-state index < -0.39 is 10.0 Å². The number of likely N-dealkylation sites (tertiary alicyclic amines) is 1. The van der Waals surface area contributed by atoms with Gasteiger partial charge >= 0.3 is 0 Å². The fourth-order valence-electron chi connectivity index (χ4n) is 5.58. The maximum absolute atomic E-state index is 13.6. The van der Waals surface area contributed by atoms with Gasteiger partial charge in [-0.1, -0.05) is 35.8 Å². The van der Waals surface area contributed by atoms with Crippen molar-refractivity contribution >= 4 is 44.8 Å². The lowest BCUT2D eigenvalue weighted by Crippen LogP contribution is -2.51. The minimum absolute atomic E-state index is 0.00604. The topological polar surface area (TPSA) is 116 Å². The monoisotopic (exact) mass is 646 g/mol. The maximum Gasteiger partial charge on any atom is 0.264 e. The van der Waals surface area contributed by atoms with Gasteiger partial charge in [-0.3, -0.25) is 18.9 Å². The third-order valence-corrected chi connectivity index (χ3v) is 10.5. The van der Waals surface area contributed by atoms with Crippen molar-refractivity contribution < 1.29 is 13.2 Å². The van der Waals surface area contributed by atoms with Gasteiger partial charge in [0, 0.05) is 73.5 Å². The van der Waals surface area contributed by atoms with Crippen LogP contribution in [0.15, 0.2) is 83.6 Å². The fourth-order valence-corrected chi connectivity index (χ4v) is 7.43. The van der Waals surface area contributed by atoms with Gasteiger partial charge in [0.1, 0.15) is 0 Å². The van der Waals surface area contributed by atoms with E-state index in [2.05, 4.69) is 16.4 Å². The number of piperidine rings is 1. The van der Waals surface area contributed by atoms with Crippen LogP contribution in [0.25, 0.3) is 0 Å². The van der Waals surface area contributed by atoms with Crippen LogP contribution < -0.4 is 15.8 Å². The number of nitrogens with zero attached hydrogens (tertiary/aromatic N) is 4. The van der Waals surface area contributed by atoms with Gasteiger partial charge in [0.05, 0.1) is 10.6 Å². The van der Waals surface area contributed by atoms with Crippen molar-refractivity contribution in [1.29, 1.82) is 0 Å². The van der Waals surface area contributed by atoms with E-state index in [4.69, 9.17) is 34.7 Å². The minimum atomic E-state index is -3.88. The number of benzene rings is 2. The summed E-state index contributed by atoms with van der Waals surface area (Å²) in [7, 11) is -2.37. The van der Waals surface area contributed by atoms with Gasteiger partial charge in [-0.05, 0) is 86.3 Å². The maximum atomic E-state index is 13.6. The molecule has 0 bridgehead atoms. The third kappa shape index (κ3) is 8.33. The smallest absolute Gasteiger partial charge is 0.264 e. The normalized spacial score (nSPS) is 17.8. The molecule has 0 aromatic heterocycles. The van der Waals surface area contributed by atoms with Crippen LogP contribution in [-0.4, -0.2) is 81.9 Å². The zero-order chi connectivity index (χ0) is 31.1. The highest BCUT2D eigenvalue weighted by Gasteiger charge is 2.32. The van der Waals surface area contributed by atoms with E-state index in [0.717, 1.165) is 31.5 Å². The van der Waals surface area contributed by atoms with Gasteiger partial charge in [0.2, 0.25) is 5.91 Å². The summed E-state index contributed by atoms with van der Waals surface area (Å²) in [4.78, 5) is 19.9. The molecule has 12 heteroatoms. The molecule has 0 atom stereocenters. The molecular weight excluding hydrogens is 607 g/mol. The van der Waals surface area contributed by atoms with Crippen LogP contribution in [0.1, 0.15) is 18.4 Å². The van der Waals surface area contributed by atoms with Crippen LogP contribution in [0.3, 0.4) is 0 Å². The molecule has 4 rings (SSSR count). The number of nitrogens with two attached hydrogens (primary N) is 2. The summed E-state index contributed by atoms with van der Waals surface area (Å²) in [5.74, 6) is 0.186. The Morgan fingerprint density at radius 3 is 2.28 bits per heavy atom. The van der Waals surface area contributed by atoms with E-state index in [1.807, 2.05) is 17.1 Å². The first kappa shape index (κ1) is 32.9. The van der Waals surface area contributed by atoms with Crippen molar-refractivity contribution in [3.05, 3.63) is 94.3 Å². The summed E-state index contributed by atoms with van der Waals surface area (Å²) in [6, 6.07) is 11.6. The number of allylic oxidation sites excluding steroid dienone is 1. The van der Waals surface area contributed by atoms with E-state index in [0.29, 0.717) is 66.3 Å². The molecule has 2 aliphatic rings. The molecule has 0 unspecified atom stereocenters. The zero-order valence-electron chi connectivity index (χ0n) is 24.5. The molecule has 0 spiro atoms. The van der Waals surface area contributed by atoms with Crippen LogP contribution in [0.4, 0.5) is 5.69 Å². The van der Waals surface area contributed by atoms with Crippen LogP contribution >= 0.6 is 23.2 Å². The van der Waals surface area contributed by atoms with Crippen molar-refractivity contribution in [2.75, 3.05) is 57.2 Å². The zero-order valence-corrected chi connectivity index (χ0v) is 26.8. The van der Waals surface area contributed by atoms with Gasteiger partial charge in [0.15, 0.2) is 0 Å². The Morgan fingerprint density at radius 1 is 1.02 bits per heavy atom. The number of piperazine rings is 1. The number of hydrogen-bond acceptors (Lipinski definition) is 7. The molecule has 4 N–H and O–H groups in total. The number of sulfonamides is 1. The summed E-state index contributed by atoms with van der Waals surface area (Å²) in [6.07, 6.45) is 6.73. The molecule has 2 heterocycles. The van der Waals surface area contributed by atoms with Crippen LogP contribution in [0.2, 0.25) is 10.0 Å². The molecule has 2 aliphatic heterocycles. The molecule has 0 aliphatic carbocycles. The quantitative estimate of drug-likeness (QED) is 0.374. The Morgan fingerprint density at radius 2 is 1.67 bits per heavy atom. The predicted octanol–water partition coefficient (Wildman–Crippen LogP) is 4.05. The van der Waals surface area contributed by atoms with Gasteiger partial charge in [0.25, 0.3) is 10.0 Å². The summed E-state index contributed by atoms with van der Waals surface area (Å²) in [6.45, 7) is 8.88. The SMILES string of the molecule is C=C(N)/C=C(\C=C/N)CN1CCC(C(=O)N2CCN(Cc3c(Cl)cccc3S(=O)(=O)N(C)c3ccc(Cl)cc3)CC2)CC1. The Kier molecular flexibility index (Phi) is 11.2. The van der Waals surface area contributed by atoms with Gasteiger partial charge in [-0.15, -0.1) is 0 Å². The molecule has 2 fully saturated rings. The van der Waals surface area contributed by atoms with Gasteiger partial charge in [-0.25, -0.2) is 8.42 Å². The fraction of sp³-hybridized carbons (Fsp3) is 0.387. The highest BCUT2D eigenvalue weighted by Crippen LogP contribution is 2.31. The number of anilines is 1.